The van der Waals surface area contributed by atoms with Gasteiger partial charge in [0.1, 0.15) is 0 Å². The molecule has 3 rings (SSSR count). The molecule has 0 radical (unpaired) electrons. The molecule has 0 aliphatic rings. The van der Waals surface area contributed by atoms with E-state index in [9.17, 15) is 14.4 Å². The second kappa shape index (κ2) is 10.3. The van der Waals surface area contributed by atoms with Crippen LogP contribution in [0.2, 0.25) is 0 Å². The molecule has 0 saturated carbocycles. The smallest absolute Gasteiger partial charge is 0.261 e. The normalized spacial score (nSPS) is 10.5. The van der Waals surface area contributed by atoms with Gasteiger partial charge in [0, 0.05) is 30.1 Å². The van der Waals surface area contributed by atoms with E-state index in [0.29, 0.717) is 35.9 Å². The van der Waals surface area contributed by atoms with E-state index in [0.717, 1.165) is 15.4 Å². The summed E-state index contributed by atoms with van der Waals surface area (Å²) in [6.07, 6.45) is 0.859. The molecule has 10 heteroatoms. The summed E-state index contributed by atoms with van der Waals surface area (Å²) in [5.41, 5.74) is 0.799. The van der Waals surface area contributed by atoms with Crippen molar-refractivity contribution in [2.75, 3.05) is 11.9 Å². The molecular weight excluding hydrogens is 428 g/mol. The second-order valence-electron chi connectivity index (χ2n) is 6.10. The second-order valence-corrected chi connectivity index (χ2v) is 9.07. The monoisotopic (exact) mass is 448 g/mol. The van der Waals surface area contributed by atoms with Crippen molar-refractivity contribution >= 4 is 56.9 Å². The fourth-order valence-electron chi connectivity index (χ4n) is 2.39. The summed E-state index contributed by atoms with van der Waals surface area (Å²) in [4.78, 5) is 42.1. The minimum absolute atomic E-state index is 0.0651. The number of nitrogens with one attached hydrogen (secondary N) is 3. The van der Waals surface area contributed by atoms with Gasteiger partial charge in [-0.2, -0.15) is 0 Å². The number of hydrogen-bond acceptors (Lipinski definition) is 7. The maximum absolute atomic E-state index is 12.1. The number of hydrogen-bond donors (Lipinski definition) is 3. The summed E-state index contributed by atoms with van der Waals surface area (Å²) in [5.74, 6) is -0.308. The van der Waals surface area contributed by atoms with Gasteiger partial charge in [0.25, 0.3) is 5.91 Å². The van der Waals surface area contributed by atoms with Crippen LogP contribution in [0.15, 0.2) is 35.0 Å². The standard InChI is InChI=1S/C19H20N4O3S3/c1-12(24)21-10-13-6-7-15(29-13)14-11-28-19(22-14)23-17(25)5-2-8-20-18(26)16-4-3-9-27-16/h3-4,6-7,9,11H,2,5,8,10H2,1H3,(H,20,26)(H,21,24)(H,22,23,25). The number of nitrogens with zero attached hydrogens (tertiary/aromatic N) is 1. The zero-order chi connectivity index (χ0) is 20.6. The van der Waals surface area contributed by atoms with Gasteiger partial charge in [0.2, 0.25) is 11.8 Å². The summed E-state index contributed by atoms with van der Waals surface area (Å²) < 4.78 is 0. The van der Waals surface area contributed by atoms with Crippen molar-refractivity contribution in [3.8, 4) is 10.6 Å². The van der Waals surface area contributed by atoms with Crippen LogP contribution in [-0.4, -0.2) is 29.3 Å². The molecule has 152 valence electrons. The predicted molar refractivity (Wildman–Crippen MR) is 117 cm³/mol. The van der Waals surface area contributed by atoms with Crippen LogP contribution < -0.4 is 16.0 Å². The number of carbonyl (C=O) groups is 3. The summed E-state index contributed by atoms with van der Waals surface area (Å²) in [6.45, 7) is 2.43. The van der Waals surface area contributed by atoms with Gasteiger partial charge in [-0.05, 0) is 30.0 Å². The van der Waals surface area contributed by atoms with E-state index in [1.54, 1.807) is 17.4 Å². The number of thiophene rings is 2. The van der Waals surface area contributed by atoms with Gasteiger partial charge in [-0.3, -0.25) is 14.4 Å². The average Bonchev–Trinajstić information content (AvgIpc) is 3.44. The Labute approximate surface area is 180 Å². The van der Waals surface area contributed by atoms with Gasteiger partial charge in [0.15, 0.2) is 5.13 Å². The number of anilines is 1. The highest BCUT2D eigenvalue weighted by molar-refractivity contribution is 7.17. The number of aromatic nitrogens is 1. The van der Waals surface area contributed by atoms with Crippen LogP contribution in [0.4, 0.5) is 5.13 Å². The van der Waals surface area contributed by atoms with Crippen molar-refractivity contribution in [3.63, 3.8) is 0 Å². The third kappa shape index (κ3) is 6.48. The zero-order valence-electron chi connectivity index (χ0n) is 15.7. The molecule has 3 amide bonds. The topological polar surface area (TPSA) is 100 Å². The Balaban J connectivity index is 1.42. The Morgan fingerprint density at radius 2 is 1.97 bits per heavy atom. The number of carbonyl (C=O) groups excluding carboxylic acids is 3. The van der Waals surface area contributed by atoms with E-state index >= 15 is 0 Å². The molecule has 0 bridgehead atoms. The minimum atomic E-state index is -0.131. The highest BCUT2D eigenvalue weighted by atomic mass is 32.1. The molecule has 3 aromatic heterocycles. The largest absolute Gasteiger partial charge is 0.351 e. The molecule has 0 unspecified atom stereocenters. The maximum Gasteiger partial charge on any atom is 0.261 e. The van der Waals surface area contributed by atoms with Crippen LogP contribution in [0.5, 0.6) is 0 Å². The van der Waals surface area contributed by atoms with Gasteiger partial charge in [0.05, 0.1) is 22.0 Å². The van der Waals surface area contributed by atoms with Crippen LogP contribution in [-0.2, 0) is 16.1 Å². The Hall–Kier alpha value is -2.56. The molecule has 0 aromatic carbocycles. The lowest BCUT2D eigenvalue weighted by Gasteiger charge is -2.04. The molecule has 3 aromatic rings. The SMILES string of the molecule is CC(=O)NCc1ccc(-c2csc(NC(=O)CCCNC(=O)c3cccs3)n2)s1. The van der Waals surface area contributed by atoms with Gasteiger partial charge >= 0.3 is 0 Å². The summed E-state index contributed by atoms with van der Waals surface area (Å²) >= 11 is 4.31. The number of amides is 3. The predicted octanol–water partition coefficient (Wildman–Crippen LogP) is 3.72. The summed E-state index contributed by atoms with van der Waals surface area (Å²) in [6, 6.07) is 7.51. The third-order valence-electron chi connectivity index (χ3n) is 3.79. The van der Waals surface area contributed by atoms with Gasteiger partial charge in [-0.1, -0.05) is 6.07 Å². The Morgan fingerprint density at radius 3 is 2.72 bits per heavy atom. The quantitative estimate of drug-likeness (QED) is 0.434. The highest BCUT2D eigenvalue weighted by Gasteiger charge is 2.11. The molecular formula is C19H20N4O3S3. The average molecular weight is 449 g/mol. The van der Waals surface area contributed by atoms with Crippen molar-refractivity contribution in [2.24, 2.45) is 0 Å². The van der Waals surface area contributed by atoms with Crippen LogP contribution in [0.1, 0.15) is 34.3 Å². The number of thiazole rings is 1. The first-order chi connectivity index (χ1) is 14.0. The lowest BCUT2D eigenvalue weighted by Crippen LogP contribution is -2.24. The summed E-state index contributed by atoms with van der Waals surface area (Å²) in [5, 5.41) is 12.7. The first kappa shape index (κ1) is 21.2. The van der Waals surface area contributed by atoms with Gasteiger partial charge in [-0.15, -0.1) is 34.0 Å². The first-order valence-electron chi connectivity index (χ1n) is 8.92. The molecule has 3 heterocycles. The van der Waals surface area contributed by atoms with Gasteiger partial charge in [-0.25, -0.2) is 4.98 Å². The van der Waals surface area contributed by atoms with Gasteiger partial charge < -0.3 is 16.0 Å². The van der Waals surface area contributed by atoms with Crippen molar-refractivity contribution in [2.45, 2.75) is 26.3 Å². The van der Waals surface area contributed by atoms with E-state index in [1.165, 1.54) is 29.6 Å². The van der Waals surface area contributed by atoms with Crippen LogP contribution in [0, 0.1) is 0 Å². The lowest BCUT2D eigenvalue weighted by atomic mass is 10.3. The van der Waals surface area contributed by atoms with Crippen LogP contribution in [0.25, 0.3) is 10.6 Å². The van der Waals surface area contributed by atoms with E-state index in [4.69, 9.17) is 0 Å². The molecule has 29 heavy (non-hydrogen) atoms. The van der Waals surface area contributed by atoms with Crippen LogP contribution >= 0.6 is 34.0 Å². The Kier molecular flexibility index (Phi) is 7.50. The minimum Gasteiger partial charge on any atom is -0.351 e. The van der Waals surface area contributed by atoms with E-state index < -0.39 is 0 Å². The van der Waals surface area contributed by atoms with Crippen molar-refractivity contribution < 1.29 is 14.4 Å². The van der Waals surface area contributed by atoms with Crippen molar-refractivity contribution in [3.05, 3.63) is 44.8 Å². The fraction of sp³-hybridized carbons (Fsp3) is 0.263. The Bertz CT molecular complexity index is 979. The van der Waals surface area contributed by atoms with E-state index in [-0.39, 0.29) is 17.7 Å². The molecule has 0 aliphatic heterocycles. The molecule has 0 saturated heterocycles. The van der Waals surface area contributed by atoms with Crippen molar-refractivity contribution in [1.29, 1.82) is 0 Å². The number of rotatable bonds is 9. The Morgan fingerprint density at radius 1 is 1.10 bits per heavy atom. The summed E-state index contributed by atoms with van der Waals surface area (Å²) in [7, 11) is 0. The fourth-order valence-corrected chi connectivity index (χ4v) is 4.74. The molecule has 0 atom stereocenters. The molecule has 3 N–H and O–H groups in total. The third-order valence-corrected chi connectivity index (χ3v) is 6.52. The van der Waals surface area contributed by atoms with E-state index in [2.05, 4.69) is 20.9 Å². The zero-order valence-corrected chi connectivity index (χ0v) is 18.1. The molecule has 0 aliphatic carbocycles. The molecule has 0 spiro atoms. The molecule has 0 fully saturated rings. The van der Waals surface area contributed by atoms with Crippen LogP contribution in [0.3, 0.4) is 0 Å². The lowest BCUT2D eigenvalue weighted by molar-refractivity contribution is -0.119. The van der Waals surface area contributed by atoms with E-state index in [1.807, 2.05) is 29.0 Å². The first-order valence-corrected chi connectivity index (χ1v) is 11.5. The van der Waals surface area contributed by atoms with Crippen molar-refractivity contribution in [1.82, 2.24) is 15.6 Å². The maximum atomic E-state index is 12.1. The highest BCUT2D eigenvalue weighted by Crippen LogP contribution is 2.30. The molecule has 7 nitrogen and oxygen atoms in total.